The third kappa shape index (κ3) is 5.55. The normalized spacial score (nSPS) is 11.7. The maximum absolute atomic E-state index is 13.5. The Morgan fingerprint density at radius 1 is 1.11 bits per heavy atom. The summed E-state index contributed by atoms with van der Waals surface area (Å²) < 4.78 is 7.41. The van der Waals surface area contributed by atoms with Gasteiger partial charge in [0.15, 0.2) is 0 Å². The average Bonchev–Trinajstić information content (AvgIpc) is 2.86. The number of carbonyl (C=O) groups excluding carboxylic acids is 1. The summed E-state index contributed by atoms with van der Waals surface area (Å²) in [5.41, 5.74) is 1.77. The lowest BCUT2D eigenvalue weighted by Crippen LogP contribution is -2.20. The summed E-state index contributed by atoms with van der Waals surface area (Å²) in [6, 6.07) is 19.6. The number of carbonyl (C=O) groups is 1. The number of para-hydroxylation sites is 1. The summed E-state index contributed by atoms with van der Waals surface area (Å²) in [6.07, 6.45) is 2.77. The maximum Gasteiger partial charge on any atom is 0.269 e. The summed E-state index contributed by atoms with van der Waals surface area (Å²) >= 11 is 6.14. The standard InChI is InChI=1S/C29H25ClN4O3/c1-18-8-7-15-34-25(18)33-27(37-21-13-11-20(12-14-21)29(2,3)4)22(28(34)36)16-19(17-31)26(35)32-24-10-6-5-9-23(24)30/h5-16H,1-4H3,(H,32,35)/b19-16-. The van der Waals surface area contributed by atoms with Gasteiger partial charge >= 0.3 is 0 Å². The summed E-state index contributed by atoms with van der Waals surface area (Å²) in [7, 11) is 0. The molecule has 4 aromatic rings. The van der Waals surface area contributed by atoms with E-state index in [2.05, 4.69) is 31.1 Å². The molecule has 0 unspecified atom stereocenters. The highest BCUT2D eigenvalue weighted by Crippen LogP contribution is 2.29. The molecule has 0 saturated carbocycles. The highest BCUT2D eigenvalue weighted by atomic mass is 35.5. The molecule has 0 atom stereocenters. The van der Waals surface area contributed by atoms with Gasteiger partial charge in [0.2, 0.25) is 5.88 Å². The largest absolute Gasteiger partial charge is 0.438 e. The Morgan fingerprint density at radius 2 is 1.81 bits per heavy atom. The van der Waals surface area contributed by atoms with E-state index in [1.54, 1.807) is 48.7 Å². The van der Waals surface area contributed by atoms with Crippen LogP contribution in [0.1, 0.15) is 37.5 Å². The zero-order valence-corrected chi connectivity index (χ0v) is 21.6. The number of hydrogen-bond acceptors (Lipinski definition) is 5. The highest BCUT2D eigenvalue weighted by Gasteiger charge is 2.19. The van der Waals surface area contributed by atoms with Crippen molar-refractivity contribution < 1.29 is 9.53 Å². The number of aryl methyl sites for hydroxylation is 1. The van der Waals surface area contributed by atoms with Gasteiger partial charge in [-0.2, -0.15) is 10.2 Å². The van der Waals surface area contributed by atoms with E-state index >= 15 is 0 Å². The Bertz CT molecular complexity index is 1620. The van der Waals surface area contributed by atoms with Crippen molar-refractivity contribution in [3.63, 3.8) is 0 Å². The van der Waals surface area contributed by atoms with Crippen LogP contribution in [0.15, 0.2) is 77.2 Å². The summed E-state index contributed by atoms with van der Waals surface area (Å²) in [6.45, 7) is 8.16. The van der Waals surface area contributed by atoms with E-state index in [9.17, 15) is 14.9 Å². The van der Waals surface area contributed by atoms with Gasteiger partial charge in [0.1, 0.15) is 28.6 Å². The molecule has 2 aromatic heterocycles. The number of benzene rings is 2. The van der Waals surface area contributed by atoms with Gasteiger partial charge in [-0.3, -0.25) is 14.0 Å². The van der Waals surface area contributed by atoms with E-state index in [1.165, 1.54) is 10.5 Å². The molecule has 2 heterocycles. The molecule has 0 radical (unpaired) electrons. The number of nitrogens with one attached hydrogen (secondary N) is 1. The Hall–Kier alpha value is -4.41. The Labute approximate surface area is 219 Å². The van der Waals surface area contributed by atoms with Crippen LogP contribution in [0.4, 0.5) is 5.69 Å². The molecule has 0 spiro atoms. The first kappa shape index (κ1) is 25.7. The molecule has 1 amide bonds. The van der Waals surface area contributed by atoms with Crippen LogP contribution in [0.3, 0.4) is 0 Å². The molecule has 0 fully saturated rings. The van der Waals surface area contributed by atoms with Gasteiger partial charge < -0.3 is 10.1 Å². The minimum absolute atomic E-state index is 0.0129. The minimum Gasteiger partial charge on any atom is -0.438 e. The fraction of sp³-hybridized carbons (Fsp3) is 0.172. The first-order valence-electron chi connectivity index (χ1n) is 11.6. The number of anilines is 1. The van der Waals surface area contributed by atoms with Gasteiger partial charge in [-0.1, -0.05) is 62.7 Å². The van der Waals surface area contributed by atoms with Gasteiger partial charge in [0.05, 0.1) is 10.7 Å². The van der Waals surface area contributed by atoms with Crippen LogP contribution in [-0.4, -0.2) is 15.3 Å². The predicted octanol–water partition coefficient (Wildman–Crippen LogP) is 6.29. The van der Waals surface area contributed by atoms with Crippen molar-refractivity contribution in [1.29, 1.82) is 5.26 Å². The molecule has 1 N–H and O–H groups in total. The van der Waals surface area contributed by atoms with Crippen molar-refractivity contribution in [2.45, 2.75) is 33.1 Å². The zero-order valence-electron chi connectivity index (χ0n) is 20.9. The minimum atomic E-state index is -0.718. The van der Waals surface area contributed by atoms with Crippen LogP contribution in [-0.2, 0) is 10.2 Å². The van der Waals surface area contributed by atoms with Crippen molar-refractivity contribution >= 4 is 34.9 Å². The number of ether oxygens (including phenoxy) is 1. The van der Waals surface area contributed by atoms with Crippen molar-refractivity contribution in [3.8, 4) is 17.7 Å². The van der Waals surface area contributed by atoms with Crippen LogP contribution >= 0.6 is 11.6 Å². The first-order chi connectivity index (χ1) is 17.6. The molecule has 0 aliphatic carbocycles. The van der Waals surface area contributed by atoms with E-state index in [4.69, 9.17) is 16.3 Å². The van der Waals surface area contributed by atoms with Gasteiger partial charge in [0.25, 0.3) is 11.5 Å². The number of pyridine rings is 1. The quantitative estimate of drug-likeness (QED) is 0.250. The van der Waals surface area contributed by atoms with Crippen LogP contribution in [0.2, 0.25) is 5.02 Å². The highest BCUT2D eigenvalue weighted by molar-refractivity contribution is 6.34. The third-order valence-corrected chi connectivity index (χ3v) is 6.09. The number of hydrogen-bond donors (Lipinski definition) is 1. The van der Waals surface area contributed by atoms with E-state index in [0.717, 1.165) is 11.1 Å². The number of fused-ring (bicyclic) bond motifs is 1. The summed E-state index contributed by atoms with van der Waals surface area (Å²) in [5, 5.41) is 12.7. The second-order valence-corrected chi connectivity index (χ2v) is 9.91. The molecule has 0 bridgehead atoms. The van der Waals surface area contributed by atoms with Gasteiger partial charge in [-0.15, -0.1) is 0 Å². The molecule has 4 rings (SSSR count). The second-order valence-electron chi connectivity index (χ2n) is 9.50. The number of rotatable bonds is 5. The number of nitriles is 1. The molecule has 0 saturated heterocycles. The zero-order chi connectivity index (χ0) is 26.7. The van der Waals surface area contributed by atoms with Crippen LogP contribution in [0.5, 0.6) is 11.6 Å². The Kier molecular flexibility index (Phi) is 7.14. The molecule has 0 aliphatic heterocycles. The fourth-order valence-electron chi connectivity index (χ4n) is 3.67. The van der Waals surface area contributed by atoms with Gasteiger partial charge in [-0.05, 0) is 59.9 Å². The lowest BCUT2D eigenvalue weighted by molar-refractivity contribution is -0.112. The number of nitrogens with zero attached hydrogens (tertiary/aromatic N) is 3. The molecule has 2 aromatic carbocycles. The predicted molar refractivity (Wildman–Crippen MR) is 145 cm³/mol. The van der Waals surface area contributed by atoms with Crippen molar-refractivity contribution in [2.75, 3.05) is 5.32 Å². The Balaban J connectivity index is 1.81. The third-order valence-electron chi connectivity index (χ3n) is 5.76. The monoisotopic (exact) mass is 512 g/mol. The SMILES string of the molecule is Cc1cccn2c(=O)c(/C=C(/C#N)C(=O)Nc3ccccc3Cl)c(Oc3ccc(C(C)(C)C)cc3)nc12. The number of halogens is 1. The second kappa shape index (κ2) is 10.3. The van der Waals surface area contributed by atoms with Crippen molar-refractivity contribution in [3.05, 3.63) is 105 Å². The molecule has 186 valence electrons. The lowest BCUT2D eigenvalue weighted by atomic mass is 9.87. The van der Waals surface area contributed by atoms with E-state index in [0.29, 0.717) is 22.1 Å². The van der Waals surface area contributed by atoms with Crippen LogP contribution in [0.25, 0.3) is 11.7 Å². The molecule has 0 aliphatic rings. The smallest absolute Gasteiger partial charge is 0.269 e. The molecule has 37 heavy (non-hydrogen) atoms. The lowest BCUT2D eigenvalue weighted by Gasteiger charge is -2.19. The molecule has 7 nitrogen and oxygen atoms in total. The van der Waals surface area contributed by atoms with Crippen LogP contribution in [0, 0.1) is 18.3 Å². The summed E-state index contributed by atoms with van der Waals surface area (Å²) in [5.74, 6) is -0.266. The van der Waals surface area contributed by atoms with E-state index in [1.807, 2.05) is 31.2 Å². The number of aromatic nitrogens is 2. The summed E-state index contributed by atoms with van der Waals surface area (Å²) in [4.78, 5) is 31.0. The molecular formula is C29H25ClN4O3. The average molecular weight is 513 g/mol. The Morgan fingerprint density at radius 3 is 2.46 bits per heavy atom. The molecular weight excluding hydrogens is 488 g/mol. The van der Waals surface area contributed by atoms with Crippen LogP contribution < -0.4 is 15.6 Å². The topological polar surface area (TPSA) is 96.5 Å². The first-order valence-corrected chi connectivity index (χ1v) is 11.9. The fourth-order valence-corrected chi connectivity index (χ4v) is 3.86. The molecule has 8 heteroatoms. The van der Waals surface area contributed by atoms with Crippen molar-refractivity contribution in [2.24, 2.45) is 0 Å². The van der Waals surface area contributed by atoms with E-state index < -0.39 is 11.5 Å². The van der Waals surface area contributed by atoms with Crippen molar-refractivity contribution in [1.82, 2.24) is 9.38 Å². The van der Waals surface area contributed by atoms with E-state index in [-0.39, 0.29) is 22.4 Å². The van der Waals surface area contributed by atoms with Gasteiger partial charge in [0, 0.05) is 6.20 Å². The maximum atomic E-state index is 13.5. The number of amides is 1. The van der Waals surface area contributed by atoms with Gasteiger partial charge in [-0.25, -0.2) is 0 Å².